The Labute approximate surface area is 127 Å². The number of nitrogens with zero attached hydrogens (tertiary/aromatic N) is 2. The van der Waals surface area contributed by atoms with Gasteiger partial charge >= 0.3 is 0 Å². The van der Waals surface area contributed by atoms with Gasteiger partial charge in [-0.05, 0) is 30.3 Å². The fraction of sp³-hybridized carbons (Fsp3) is 0.125. The first-order valence-corrected chi connectivity index (χ1v) is 6.64. The second-order valence-electron chi connectivity index (χ2n) is 4.58. The van der Waals surface area contributed by atoms with Crippen LogP contribution in [0.3, 0.4) is 0 Å². The number of benzene rings is 2. The number of anilines is 1. The van der Waals surface area contributed by atoms with E-state index in [1.807, 2.05) is 24.3 Å². The van der Waals surface area contributed by atoms with Gasteiger partial charge in [0.15, 0.2) is 11.5 Å². The minimum absolute atomic E-state index is 0.378. The first kappa shape index (κ1) is 13.9. The molecule has 0 bridgehead atoms. The molecule has 0 amide bonds. The molecule has 6 heteroatoms. The molecule has 2 aromatic carbocycles. The van der Waals surface area contributed by atoms with Crippen molar-refractivity contribution >= 4 is 5.69 Å². The monoisotopic (exact) mass is 297 g/mol. The highest BCUT2D eigenvalue weighted by Gasteiger charge is 2.14. The lowest BCUT2D eigenvalue weighted by atomic mass is 10.1. The van der Waals surface area contributed by atoms with Crippen LogP contribution in [0.15, 0.2) is 47.0 Å². The van der Waals surface area contributed by atoms with E-state index in [2.05, 4.69) is 10.1 Å². The van der Waals surface area contributed by atoms with Crippen molar-refractivity contribution in [2.24, 2.45) is 0 Å². The van der Waals surface area contributed by atoms with Gasteiger partial charge in [0.05, 0.1) is 19.8 Å². The third-order valence-electron chi connectivity index (χ3n) is 3.26. The number of aromatic nitrogens is 2. The van der Waals surface area contributed by atoms with E-state index in [0.29, 0.717) is 34.5 Å². The Kier molecular flexibility index (Phi) is 3.65. The van der Waals surface area contributed by atoms with Gasteiger partial charge < -0.3 is 19.7 Å². The second kappa shape index (κ2) is 5.77. The zero-order valence-electron chi connectivity index (χ0n) is 12.2. The van der Waals surface area contributed by atoms with E-state index in [4.69, 9.17) is 19.7 Å². The average molecular weight is 297 g/mol. The maximum atomic E-state index is 5.92. The summed E-state index contributed by atoms with van der Waals surface area (Å²) in [5.74, 6) is 2.08. The van der Waals surface area contributed by atoms with Crippen molar-refractivity contribution in [2.75, 3.05) is 20.0 Å². The molecule has 6 nitrogen and oxygen atoms in total. The third-order valence-corrected chi connectivity index (χ3v) is 3.26. The molecule has 0 aliphatic heterocycles. The van der Waals surface area contributed by atoms with Crippen molar-refractivity contribution in [3.05, 3.63) is 42.5 Å². The molecule has 3 rings (SSSR count). The fourth-order valence-corrected chi connectivity index (χ4v) is 2.12. The van der Waals surface area contributed by atoms with Crippen molar-refractivity contribution in [2.45, 2.75) is 0 Å². The summed E-state index contributed by atoms with van der Waals surface area (Å²) in [5.41, 5.74) is 7.98. The van der Waals surface area contributed by atoms with Crippen molar-refractivity contribution < 1.29 is 14.0 Å². The smallest absolute Gasteiger partial charge is 0.260 e. The number of para-hydroxylation sites is 1. The summed E-state index contributed by atoms with van der Waals surface area (Å²) < 4.78 is 15.8. The van der Waals surface area contributed by atoms with Crippen molar-refractivity contribution in [1.29, 1.82) is 0 Å². The van der Waals surface area contributed by atoms with E-state index < -0.39 is 0 Å². The van der Waals surface area contributed by atoms with Gasteiger partial charge in [-0.2, -0.15) is 4.98 Å². The molecule has 0 unspecified atom stereocenters. The summed E-state index contributed by atoms with van der Waals surface area (Å²) in [6.45, 7) is 0. The molecule has 112 valence electrons. The Morgan fingerprint density at radius 3 is 2.50 bits per heavy atom. The Hall–Kier alpha value is -3.02. The van der Waals surface area contributed by atoms with Gasteiger partial charge in [-0.1, -0.05) is 17.3 Å². The Balaban J connectivity index is 1.99. The van der Waals surface area contributed by atoms with Gasteiger partial charge in [-0.25, -0.2) is 0 Å². The summed E-state index contributed by atoms with van der Waals surface area (Å²) in [7, 11) is 3.16. The van der Waals surface area contributed by atoms with E-state index >= 15 is 0 Å². The first-order valence-electron chi connectivity index (χ1n) is 6.64. The van der Waals surface area contributed by atoms with E-state index in [1.165, 1.54) is 0 Å². The van der Waals surface area contributed by atoms with Crippen LogP contribution in [-0.4, -0.2) is 24.4 Å². The van der Waals surface area contributed by atoms with Crippen molar-refractivity contribution in [3.8, 4) is 34.3 Å². The van der Waals surface area contributed by atoms with Crippen LogP contribution in [0.25, 0.3) is 22.8 Å². The quantitative estimate of drug-likeness (QED) is 0.745. The van der Waals surface area contributed by atoms with Crippen LogP contribution in [-0.2, 0) is 0 Å². The van der Waals surface area contributed by atoms with Crippen LogP contribution >= 0.6 is 0 Å². The topological polar surface area (TPSA) is 83.4 Å². The van der Waals surface area contributed by atoms with Crippen LogP contribution in [0.1, 0.15) is 0 Å². The highest BCUT2D eigenvalue weighted by molar-refractivity contribution is 5.71. The van der Waals surface area contributed by atoms with Gasteiger partial charge in [0.25, 0.3) is 5.89 Å². The minimum Gasteiger partial charge on any atom is -0.493 e. The van der Waals surface area contributed by atoms with Crippen LogP contribution in [0, 0.1) is 0 Å². The van der Waals surface area contributed by atoms with Crippen molar-refractivity contribution in [3.63, 3.8) is 0 Å². The molecule has 0 atom stereocenters. The summed E-state index contributed by atoms with van der Waals surface area (Å²) in [4.78, 5) is 4.39. The Morgan fingerprint density at radius 1 is 1.00 bits per heavy atom. The number of rotatable bonds is 4. The predicted molar refractivity (Wildman–Crippen MR) is 82.7 cm³/mol. The maximum Gasteiger partial charge on any atom is 0.260 e. The molecule has 2 N–H and O–H groups in total. The van der Waals surface area contributed by atoms with Crippen molar-refractivity contribution in [1.82, 2.24) is 10.1 Å². The van der Waals surface area contributed by atoms with E-state index in [-0.39, 0.29) is 0 Å². The van der Waals surface area contributed by atoms with Gasteiger partial charge in [0.1, 0.15) is 0 Å². The zero-order valence-corrected chi connectivity index (χ0v) is 12.2. The predicted octanol–water partition coefficient (Wildman–Crippen LogP) is 3.00. The van der Waals surface area contributed by atoms with Crippen LogP contribution in [0.2, 0.25) is 0 Å². The summed E-state index contributed by atoms with van der Waals surface area (Å²) in [6.07, 6.45) is 0. The fourth-order valence-electron chi connectivity index (χ4n) is 2.12. The van der Waals surface area contributed by atoms with E-state index in [1.54, 1.807) is 32.4 Å². The number of hydrogen-bond donors (Lipinski definition) is 1. The molecule has 0 radical (unpaired) electrons. The average Bonchev–Trinajstić information content (AvgIpc) is 3.04. The number of methoxy groups -OCH3 is 2. The summed E-state index contributed by atoms with van der Waals surface area (Å²) in [6, 6.07) is 12.8. The molecular formula is C16H15N3O3. The second-order valence-corrected chi connectivity index (χ2v) is 4.58. The van der Waals surface area contributed by atoms with E-state index in [9.17, 15) is 0 Å². The molecule has 0 aliphatic rings. The molecule has 22 heavy (non-hydrogen) atoms. The largest absolute Gasteiger partial charge is 0.493 e. The van der Waals surface area contributed by atoms with Crippen LogP contribution in [0.4, 0.5) is 5.69 Å². The number of nitrogen functional groups attached to an aromatic ring is 1. The molecule has 3 aromatic rings. The number of ether oxygens (including phenoxy) is 2. The molecule has 1 aromatic heterocycles. The number of hydrogen-bond acceptors (Lipinski definition) is 6. The summed E-state index contributed by atoms with van der Waals surface area (Å²) in [5, 5.41) is 4.00. The number of nitrogens with two attached hydrogens (primary N) is 1. The Morgan fingerprint density at radius 2 is 1.77 bits per heavy atom. The minimum atomic E-state index is 0.378. The van der Waals surface area contributed by atoms with Gasteiger partial charge in [-0.15, -0.1) is 0 Å². The summed E-state index contributed by atoms with van der Waals surface area (Å²) >= 11 is 0. The van der Waals surface area contributed by atoms with Crippen LogP contribution < -0.4 is 15.2 Å². The third kappa shape index (κ3) is 2.46. The Bertz CT molecular complexity index is 799. The van der Waals surface area contributed by atoms with Crippen LogP contribution in [0.5, 0.6) is 11.5 Å². The molecule has 0 saturated carbocycles. The molecule has 1 heterocycles. The lowest BCUT2D eigenvalue weighted by Crippen LogP contribution is -1.91. The highest BCUT2D eigenvalue weighted by Crippen LogP contribution is 2.32. The lowest BCUT2D eigenvalue weighted by Gasteiger charge is -2.07. The molecule has 0 aliphatic carbocycles. The van der Waals surface area contributed by atoms with Gasteiger partial charge in [0, 0.05) is 11.3 Å². The van der Waals surface area contributed by atoms with Gasteiger partial charge in [-0.3, -0.25) is 0 Å². The zero-order chi connectivity index (χ0) is 15.5. The highest BCUT2D eigenvalue weighted by atomic mass is 16.5. The molecule has 0 spiro atoms. The molecule has 0 saturated heterocycles. The first-order chi connectivity index (χ1) is 10.7. The maximum absolute atomic E-state index is 5.92. The molecule has 0 fully saturated rings. The van der Waals surface area contributed by atoms with Gasteiger partial charge in [0.2, 0.25) is 5.82 Å². The standard InChI is InChI=1S/C16H15N3O3/c1-20-13-8-7-10(9-14(13)21-2)15-18-16(22-19-15)11-5-3-4-6-12(11)17/h3-9H,17H2,1-2H3. The van der Waals surface area contributed by atoms with E-state index in [0.717, 1.165) is 5.56 Å². The SMILES string of the molecule is COc1ccc(-c2noc(-c3ccccc3N)n2)cc1OC. The molecular weight excluding hydrogens is 282 g/mol. The normalized spacial score (nSPS) is 10.5. The lowest BCUT2D eigenvalue weighted by molar-refractivity contribution is 0.355.